The SMILES string of the molecule is CCC1=CC(C(=O)N2CCCC3(CC=CC3)C2C)=NC2=CC(B3OC(C)(C)C(C)(C)O3)NN12. The van der Waals surface area contributed by atoms with E-state index in [0.29, 0.717) is 5.71 Å². The highest BCUT2D eigenvalue weighted by atomic mass is 16.7. The fourth-order valence-corrected chi connectivity index (χ4v) is 5.75. The molecule has 0 aromatic heterocycles. The molecule has 1 spiro atoms. The molecule has 2 fully saturated rings. The smallest absolute Gasteiger partial charge is 0.402 e. The van der Waals surface area contributed by atoms with E-state index in [-0.39, 0.29) is 23.3 Å². The van der Waals surface area contributed by atoms with Crippen molar-refractivity contribution in [2.45, 2.75) is 96.8 Å². The van der Waals surface area contributed by atoms with Crippen molar-refractivity contribution in [3.8, 4) is 0 Å². The Labute approximate surface area is 198 Å². The summed E-state index contributed by atoms with van der Waals surface area (Å²) in [4.78, 5) is 20.5. The zero-order valence-electron chi connectivity index (χ0n) is 20.9. The number of carbonyl (C=O) groups is 1. The first-order chi connectivity index (χ1) is 15.6. The number of fused-ring (bicyclic) bond motifs is 1. The minimum atomic E-state index is -0.419. The molecule has 0 bridgehead atoms. The van der Waals surface area contributed by atoms with Crippen molar-refractivity contribution < 1.29 is 14.1 Å². The third-order valence-electron chi connectivity index (χ3n) is 8.71. The Kier molecular flexibility index (Phi) is 5.42. The second-order valence-corrected chi connectivity index (χ2v) is 11.1. The normalized spacial score (nSPS) is 31.6. The summed E-state index contributed by atoms with van der Waals surface area (Å²) in [6.45, 7) is 13.3. The van der Waals surface area contributed by atoms with E-state index in [9.17, 15) is 4.79 Å². The van der Waals surface area contributed by atoms with Crippen molar-refractivity contribution in [1.82, 2.24) is 15.3 Å². The third kappa shape index (κ3) is 3.62. The Morgan fingerprint density at radius 1 is 1.21 bits per heavy atom. The zero-order chi connectivity index (χ0) is 23.6. The number of nitrogens with zero attached hydrogens (tertiary/aromatic N) is 3. The summed E-state index contributed by atoms with van der Waals surface area (Å²) < 4.78 is 12.5. The first-order valence-electron chi connectivity index (χ1n) is 12.5. The average molecular weight is 452 g/mol. The molecule has 2 saturated heterocycles. The van der Waals surface area contributed by atoms with Gasteiger partial charge in [0, 0.05) is 18.3 Å². The molecule has 4 heterocycles. The van der Waals surface area contributed by atoms with Crippen molar-refractivity contribution in [3.05, 3.63) is 35.8 Å². The highest BCUT2D eigenvalue weighted by Crippen LogP contribution is 2.46. The van der Waals surface area contributed by atoms with Crippen LogP contribution < -0.4 is 5.43 Å². The van der Waals surface area contributed by atoms with Crippen molar-refractivity contribution in [1.29, 1.82) is 0 Å². The number of aliphatic imine (C=N–C) groups is 1. The topological polar surface area (TPSA) is 66.4 Å². The molecule has 33 heavy (non-hydrogen) atoms. The van der Waals surface area contributed by atoms with Gasteiger partial charge in [-0.1, -0.05) is 19.1 Å². The van der Waals surface area contributed by atoms with Gasteiger partial charge in [-0.15, -0.1) is 0 Å². The highest BCUT2D eigenvalue weighted by Gasteiger charge is 2.55. The van der Waals surface area contributed by atoms with E-state index in [1.165, 1.54) is 6.42 Å². The first kappa shape index (κ1) is 22.9. The Bertz CT molecular complexity index is 943. The van der Waals surface area contributed by atoms with Gasteiger partial charge in [0.25, 0.3) is 5.91 Å². The molecule has 2 atom stereocenters. The molecular weight excluding hydrogens is 415 g/mol. The number of carbonyl (C=O) groups excluding carboxylic acids is 1. The second-order valence-electron chi connectivity index (χ2n) is 11.1. The average Bonchev–Trinajstić information content (AvgIpc) is 3.46. The number of amides is 1. The molecule has 5 aliphatic rings. The summed E-state index contributed by atoms with van der Waals surface area (Å²) in [5, 5.41) is 1.98. The molecule has 0 radical (unpaired) electrons. The zero-order valence-corrected chi connectivity index (χ0v) is 20.9. The molecular formula is C25H37BN4O3. The van der Waals surface area contributed by atoms with Crippen LogP contribution in [-0.4, -0.2) is 58.4 Å². The van der Waals surface area contributed by atoms with Crippen LogP contribution >= 0.6 is 0 Å². The minimum Gasteiger partial charge on any atom is -0.402 e. The van der Waals surface area contributed by atoms with Crippen LogP contribution in [0.5, 0.6) is 0 Å². The molecule has 1 N–H and O–H groups in total. The van der Waals surface area contributed by atoms with Gasteiger partial charge in [0.05, 0.1) is 17.1 Å². The lowest BCUT2D eigenvalue weighted by molar-refractivity contribution is -0.131. The third-order valence-corrected chi connectivity index (χ3v) is 8.71. The van der Waals surface area contributed by atoms with E-state index in [1.807, 2.05) is 17.2 Å². The summed E-state index contributed by atoms with van der Waals surface area (Å²) in [6.07, 6.45) is 13.7. The van der Waals surface area contributed by atoms with Crippen LogP contribution in [0.1, 0.15) is 73.6 Å². The molecule has 1 amide bonds. The van der Waals surface area contributed by atoms with E-state index in [1.54, 1.807) is 0 Å². The van der Waals surface area contributed by atoms with E-state index in [0.717, 1.165) is 43.7 Å². The highest BCUT2D eigenvalue weighted by molar-refractivity contribution is 6.48. The van der Waals surface area contributed by atoms with Crippen molar-refractivity contribution in [2.24, 2.45) is 10.4 Å². The number of nitrogens with one attached hydrogen (secondary N) is 1. The lowest BCUT2D eigenvalue weighted by Crippen LogP contribution is -2.54. The molecule has 1 aliphatic carbocycles. The molecule has 0 aromatic carbocycles. The van der Waals surface area contributed by atoms with Crippen LogP contribution in [0.15, 0.2) is 40.8 Å². The van der Waals surface area contributed by atoms with E-state index >= 15 is 0 Å². The number of rotatable bonds is 3. The summed E-state index contributed by atoms with van der Waals surface area (Å²) in [5.41, 5.74) is 4.44. The molecule has 8 heteroatoms. The summed E-state index contributed by atoms with van der Waals surface area (Å²) in [7, 11) is -0.419. The molecule has 5 rings (SSSR count). The first-order valence-corrected chi connectivity index (χ1v) is 12.5. The molecule has 7 nitrogen and oxygen atoms in total. The van der Waals surface area contributed by atoms with E-state index in [2.05, 4.69) is 64.0 Å². The standard InChI is InChI=1S/C25H37BN4O3/c1-7-18-15-19(22(31)29-14-10-13-25(17(29)2)11-8-9-12-25)27-21-16-20(28-30(18)21)26-32-23(3,4)24(5,6)33-26/h8-9,15-17,20,28H,7,10-14H2,1-6H3. The van der Waals surface area contributed by atoms with Crippen LogP contribution in [0.2, 0.25) is 0 Å². The van der Waals surface area contributed by atoms with Crippen molar-refractivity contribution in [3.63, 3.8) is 0 Å². The van der Waals surface area contributed by atoms with Crippen molar-refractivity contribution >= 4 is 18.7 Å². The van der Waals surface area contributed by atoms with E-state index < -0.39 is 18.3 Å². The van der Waals surface area contributed by atoms with Gasteiger partial charge >= 0.3 is 7.12 Å². The minimum absolute atomic E-state index is 0.0408. The molecule has 0 saturated carbocycles. The summed E-state index contributed by atoms with van der Waals surface area (Å²) in [6, 6.07) is 0.209. The maximum atomic E-state index is 13.7. The number of hydrazine groups is 1. The largest absolute Gasteiger partial charge is 0.482 e. The van der Waals surface area contributed by atoms with Gasteiger partial charge in [0.15, 0.2) is 0 Å². The Morgan fingerprint density at radius 3 is 2.52 bits per heavy atom. The monoisotopic (exact) mass is 452 g/mol. The number of hydrogen-bond donors (Lipinski definition) is 1. The lowest BCUT2D eigenvalue weighted by atomic mass is 9.71. The fourth-order valence-electron chi connectivity index (χ4n) is 5.75. The van der Waals surface area contributed by atoms with Crippen LogP contribution in [0, 0.1) is 5.41 Å². The number of hydrogen-bond acceptors (Lipinski definition) is 6. The van der Waals surface area contributed by atoms with Crippen LogP contribution in [0.25, 0.3) is 0 Å². The van der Waals surface area contributed by atoms with E-state index in [4.69, 9.17) is 14.3 Å². The Balaban J connectivity index is 1.38. The van der Waals surface area contributed by atoms with Gasteiger partial charge in [0.1, 0.15) is 11.5 Å². The van der Waals surface area contributed by atoms with Crippen molar-refractivity contribution in [2.75, 3.05) is 6.54 Å². The maximum absolute atomic E-state index is 13.7. The lowest BCUT2D eigenvalue weighted by Gasteiger charge is -2.47. The van der Waals surface area contributed by atoms with Gasteiger partial charge in [-0.2, -0.15) is 0 Å². The molecule has 0 aromatic rings. The van der Waals surface area contributed by atoms with Gasteiger partial charge in [-0.05, 0) is 84.3 Å². The molecule has 2 unspecified atom stereocenters. The van der Waals surface area contributed by atoms with Gasteiger partial charge in [-0.25, -0.2) is 10.4 Å². The fraction of sp³-hybridized carbons (Fsp3) is 0.680. The van der Waals surface area contributed by atoms with Crippen LogP contribution in [-0.2, 0) is 14.1 Å². The predicted molar refractivity (Wildman–Crippen MR) is 130 cm³/mol. The quantitative estimate of drug-likeness (QED) is 0.522. The Hall–Kier alpha value is -1.90. The number of allylic oxidation sites excluding steroid dienone is 3. The second kappa shape index (κ2) is 7.82. The van der Waals surface area contributed by atoms with Gasteiger partial charge < -0.3 is 14.2 Å². The summed E-state index contributed by atoms with van der Waals surface area (Å²) >= 11 is 0. The molecule has 178 valence electrons. The van der Waals surface area contributed by atoms with Gasteiger partial charge in [0.2, 0.25) is 0 Å². The number of likely N-dealkylation sites (tertiary alicyclic amines) is 1. The molecule has 4 aliphatic heterocycles. The number of piperidine rings is 1. The predicted octanol–water partition coefficient (Wildman–Crippen LogP) is 3.74. The summed E-state index contributed by atoms with van der Waals surface area (Å²) in [5.74, 6) is 0.620. The van der Waals surface area contributed by atoms with Gasteiger partial charge in [-0.3, -0.25) is 9.80 Å². The van der Waals surface area contributed by atoms with Crippen LogP contribution in [0.3, 0.4) is 0 Å². The maximum Gasteiger partial charge on any atom is 0.482 e. The Morgan fingerprint density at radius 2 is 1.88 bits per heavy atom. The van der Waals surface area contributed by atoms with Crippen LogP contribution in [0.4, 0.5) is 0 Å².